The molecule has 0 bridgehead atoms. The van der Waals surface area contributed by atoms with Crippen LogP contribution in [0.1, 0.15) is 57.6 Å². The van der Waals surface area contributed by atoms with E-state index < -0.39 is 0 Å². The third-order valence-corrected chi connectivity index (χ3v) is 5.06. The Bertz CT molecular complexity index is 570. The molecule has 0 saturated carbocycles. The zero-order valence-electron chi connectivity index (χ0n) is 16.6. The molecule has 2 rings (SSSR count). The molecule has 5 nitrogen and oxygen atoms in total. The third-order valence-electron chi connectivity index (χ3n) is 5.06. The average Bonchev–Trinajstić information content (AvgIpc) is 3.10. The first-order chi connectivity index (χ1) is 12.7. The second-order valence-corrected chi connectivity index (χ2v) is 6.95. The lowest BCUT2D eigenvalue weighted by atomic mass is 10.0. The van der Waals surface area contributed by atoms with E-state index in [1.54, 1.807) is 0 Å². The fourth-order valence-corrected chi connectivity index (χ4v) is 3.22. The summed E-state index contributed by atoms with van der Waals surface area (Å²) in [6, 6.07) is 8.31. The largest absolute Gasteiger partial charge is 0.357 e. The molecule has 0 aromatic heterocycles. The van der Waals surface area contributed by atoms with Crippen LogP contribution in [0.25, 0.3) is 0 Å². The van der Waals surface area contributed by atoms with Crippen molar-refractivity contribution in [2.75, 3.05) is 19.6 Å². The molecule has 0 aliphatic carbocycles. The molecular weight excluding hydrogens is 324 g/mol. The number of hydrogen-bond donors (Lipinski definition) is 2. The van der Waals surface area contributed by atoms with Crippen LogP contribution in [0.2, 0.25) is 0 Å². The molecule has 1 aliphatic heterocycles. The topological polar surface area (TPSA) is 56.7 Å². The van der Waals surface area contributed by atoms with Crippen molar-refractivity contribution in [3.63, 3.8) is 0 Å². The van der Waals surface area contributed by atoms with Gasteiger partial charge >= 0.3 is 0 Å². The van der Waals surface area contributed by atoms with Gasteiger partial charge in [-0.25, -0.2) is 0 Å². The standard InChI is InChI=1S/C21H34N4O/c1-4-17(5-2)14-24-21(22-6-3)23-13-9-12-20(26)25-15-18-10-7-8-11-19(18)16-25/h7-8,10-11,17H,4-6,9,12-16H2,1-3H3,(H2,22,23,24). The van der Waals surface area contributed by atoms with Gasteiger partial charge < -0.3 is 15.5 Å². The Morgan fingerprint density at radius 1 is 1.12 bits per heavy atom. The van der Waals surface area contributed by atoms with E-state index in [9.17, 15) is 4.79 Å². The Balaban J connectivity index is 1.71. The summed E-state index contributed by atoms with van der Waals surface area (Å²) in [7, 11) is 0. The number of nitrogens with zero attached hydrogens (tertiary/aromatic N) is 2. The van der Waals surface area contributed by atoms with Gasteiger partial charge in [0.1, 0.15) is 0 Å². The van der Waals surface area contributed by atoms with Crippen LogP contribution in [0.5, 0.6) is 0 Å². The van der Waals surface area contributed by atoms with Crippen LogP contribution in [0, 0.1) is 5.92 Å². The summed E-state index contributed by atoms with van der Waals surface area (Å²) in [5, 5.41) is 6.64. The van der Waals surface area contributed by atoms with Gasteiger partial charge in [-0.2, -0.15) is 0 Å². The molecule has 26 heavy (non-hydrogen) atoms. The van der Waals surface area contributed by atoms with Gasteiger partial charge in [0.25, 0.3) is 0 Å². The lowest BCUT2D eigenvalue weighted by Crippen LogP contribution is -2.38. The summed E-state index contributed by atoms with van der Waals surface area (Å²) >= 11 is 0. The number of nitrogens with one attached hydrogen (secondary N) is 2. The highest BCUT2D eigenvalue weighted by atomic mass is 16.2. The summed E-state index contributed by atoms with van der Waals surface area (Å²) < 4.78 is 0. The second-order valence-electron chi connectivity index (χ2n) is 6.95. The zero-order chi connectivity index (χ0) is 18.8. The van der Waals surface area contributed by atoms with Crippen molar-refractivity contribution >= 4 is 11.9 Å². The monoisotopic (exact) mass is 358 g/mol. The number of carbonyl (C=O) groups excluding carboxylic acids is 1. The Morgan fingerprint density at radius 2 is 1.77 bits per heavy atom. The minimum atomic E-state index is 0.238. The van der Waals surface area contributed by atoms with Crippen molar-refractivity contribution in [1.29, 1.82) is 0 Å². The highest BCUT2D eigenvalue weighted by Crippen LogP contribution is 2.22. The highest BCUT2D eigenvalue weighted by molar-refractivity contribution is 5.80. The van der Waals surface area contributed by atoms with E-state index in [1.165, 1.54) is 11.1 Å². The Kier molecular flexibility index (Phi) is 8.45. The molecule has 1 heterocycles. The molecule has 0 radical (unpaired) electrons. The van der Waals surface area contributed by atoms with Gasteiger partial charge in [-0.15, -0.1) is 0 Å². The molecule has 1 aromatic rings. The molecule has 5 heteroatoms. The zero-order valence-corrected chi connectivity index (χ0v) is 16.6. The maximum atomic E-state index is 12.4. The molecule has 0 spiro atoms. The van der Waals surface area contributed by atoms with E-state index in [1.807, 2.05) is 17.0 Å². The van der Waals surface area contributed by atoms with Crippen molar-refractivity contribution in [2.24, 2.45) is 10.9 Å². The van der Waals surface area contributed by atoms with Gasteiger partial charge in [0, 0.05) is 39.1 Å². The molecule has 1 aliphatic rings. The number of carbonyl (C=O) groups is 1. The van der Waals surface area contributed by atoms with E-state index in [-0.39, 0.29) is 5.91 Å². The summed E-state index contributed by atoms with van der Waals surface area (Å²) in [6.45, 7) is 10.5. The van der Waals surface area contributed by atoms with Gasteiger partial charge in [-0.05, 0) is 30.4 Å². The maximum absolute atomic E-state index is 12.4. The van der Waals surface area contributed by atoms with Crippen molar-refractivity contribution in [2.45, 2.75) is 59.5 Å². The summed E-state index contributed by atoms with van der Waals surface area (Å²) in [4.78, 5) is 19.1. The number of benzene rings is 1. The van der Waals surface area contributed by atoms with Gasteiger partial charge in [0.15, 0.2) is 5.96 Å². The number of rotatable bonds is 9. The third kappa shape index (κ3) is 6.04. The van der Waals surface area contributed by atoms with E-state index >= 15 is 0 Å². The molecule has 1 amide bonds. The summed E-state index contributed by atoms with van der Waals surface area (Å²) in [5.74, 6) is 1.74. The fraction of sp³-hybridized carbons (Fsp3) is 0.619. The number of aliphatic imine (C=N–C) groups is 1. The molecule has 0 atom stereocenters. The van der Waals surface area contributed by atoms with Crippen LogP contribution in [0.15, 0.2) is 29.3 Å². The van der Waals surface area contributed by atoms with Gasteiger partial charge in [0.05, 0.1) is 0 Å². The quantitative estimate of drug-likeness (QED) is 0.404. The second kappa shape index (κ2) is 10.8. The minimum Gasteiger partial charge on any atom is -0.357 e. The first-order valence-electron chi connectivity index (χ1n) is 10.0. The van der Waals surface area contributed by atoms with E-state index in [2.05, 4.69) is 48.5 Å². The summed E-state index contributed by atoms with van der Waals surface area (Å²) in [6.07, 6.45) is 3.71. The van der Waals surface area contributed by atoms with Crippen molar-refractivity contribution < 1.29 is 4.79 Å². The van der Waals surface area contributed by atoms with Crippen LogP contribution >= 0.6 is 0 Å². The number of fused-ring (bicyclic) bond motifs is 1. The Labute approximate surface area is 158 Å². The predicted octanol–water partition coefficient (Wildman–Crippen LogP) is 3.30. The van der Waals surface area contributed by atoms with Gasteiger partial charge in [0.2, 0.25) is 5.91 Å². The van der Waals surface area contributed by atoms with Crippen LogP contribution in [0.4, 0.5) is 0 Å². The lowest BCUT2D eigenvalue weighted by Gasteiger charge is -2.16. The normalized spacial score (nSPS) is 13.8. The first-order valence-corrected chi connectivity index (χ1v) is 10.0. The number of guanidine groups is 1. The molecule has 1 aromatic carbocycles. The molecule has 0 unspecified atom stereocenters. The summed E-state index contributed by atoms with van der Waals surface area (Å²) in [5.41, 5.74) is 2.56. The first kappa shape index (κ1) is 20.3. The molecule has 0 saturated heterocycles. The van der Waals surface area contributed by atoms with Crippen LogP contribution in [-0.2, 0) is 17.9 Å². The smallest absolute Gasteiger partial charge is 0.223 e. The van der Waals surface area contributed by atoms with Crippen LogP contribution in [0.3, 0.4) is 0 Å². The SMILES string of the molecule is CCNC(=NCC(CC)CC)NCCCC(=O)N1Cc2ccccc2C1. The molecule has 2 N–H and O–H groups in total. The van der Waals surface area contributed by atoms with E-state index in [0.29, 0.717) is 12.3 Å². The van der Waals surface area contributed by atoms with Crippen molar-refractivity contribution in [3.8, 4) is 0 Å². The lowest BCUT2D eigenvalue weighted by molar-refractivity contribution is -0.131. The Morgan fingerprint density at radius 3 is 2.35 bits per heavy atom. The minimum absolute atomic E-state index is 0.238. The van der Waals surface area contributed by atoms with E-state index in [0.717, 1.165) is 57.9 Å². The van der Waals surface area contributed by atoms with E-state index in [4.69, 9.17) is 0 Å². The molecular formula is C21H34N4O. The highest BCUT2D eigenvalue weighted by Gasteiger charge is 2.22. The molecule has 144 valence electrons. The van der Waals surface area contributed by atoms with Crippen molar-refractivity contribution in [3.05, 3.63) is 35.4 Å². The van der Waals surface area contributed by atoms with Gasteiger partial charge in [-0.3, -0.25) is 9.79 Å². The molecule has 0 fully saturated rings. The fourth-order valence-electron chi connectivity index (χ4n) is 3.22. The van der Waals surface area contributed by atoms with Crippen LogP contribution < -0.4 is 10.6 Å². The van der Waals surface area contributed by atoms with Crippen molar-refractivity contribution in [1.82, 2.24) is 15.5 Å². The van der Waals surface area contributed by atoms with Gasteiger partial charge in [-0.1, -0.05) is 51.0 Å². The Hall–Kier alpha value is -2.04. The number of amides is 1. The number of hydrogen-bond acceptors (Lipinski definition) is 2. The predicted molar refractivity (Wildman–Crippen MR) is 108 cm³/mol. The van der Waals surface area contributed by atoms with Crippen LogP contribution in [-0.4, -0.2) is 36.4 Å². The average molecular weight is 359 g/mol. The maximum Gasteiger partial charge on any atom is 0.223 e.